The van der Waals surface area contributed by atoms with E-state index in [2.05, 4.69) is 20.9 Å². The van der Waals surface area contributed by atoms with E-state index in [1.165, 1.54) is 11.3 Å². The van der Waals surface area contributed by atoms with Gasteiger partial charge in [0.25, 0.3) is 0 Å². The molecule has 0 radical (unpaired) electrons. The van der Waals surface area contributed by atoms with Crippen LogP contribution in [-0.2, 0) is 10.1 Å². The van der Waals surface area contributed by atoms with Crippen molar-refractivity contribution < 1.29 is 9.53 Å². The van der Waals surface area contributed by atoms with Crippen LogP contribution in [0.4, 0.5) is 0 Å². The Morgan fingerprint density at radius 1 is 1.77 bits per heavy atom. The predicted octanol–water partition coefficient (Wildman–Crippen LogP) is 2.87. The van der Waals surface area contributed by atoms with Gasteiger partial charge in [-0.05, 0) is 6.92 Å². The summed E-state index contributed by atoms with van der Waals surface area (Å²) in [5, 5.41) is 0.561. The third kappa shape index (κ3) is 2.65. The maximum Gasteiger partial charge on any atom is 0.358 e. The highest BCUT2D eigenvalue weighted by Gasteiger charge is 2.17. The lowest BCUT2D eigenvalue weighted by atomic mass is 10.4. The van der Waals surface area contributed by atoms with Crippen molar-refractivity contribution in [3.8, 4) is 0 Å². The molecular formula is C7H7BrClNO2S. The molecule has 1 aromatic rings. The normalized spacial score (nSPS) is 10.1. The summed E-state index contributed by atoms with van der Waals surface area (Å²) in [4.78, 5) is 16.0. The summed E-state index contributed by atoms with van der Waals surface area (Å²) in [7, 11) is 0. The summed E-state index contributed by atoms with van der Waals surface area (Å²) in [5.41, 5.74) is 0.314. The molecule has 3 nitrogen and oxygen atoms in total. The van der Waals surface area contributed by atoms with Gasteiger partial charge in [-0.15, -0.1) is 11.3 Å². The van der Waals surface area contributed by atoms with Crippen LogP contribution in [-0.4, -0.2) is 17.6 Å². The lowest BCUT2D eigenvalue weighted by Gasteiger charge is -1.98. The third-order valence-corrected chi connectivity index (χ3v) is 3.35. The summed E-state index contributed by atoms with van der Waals surface area (Å²) in [6, 6.07) is 0. The average molecular weight is 285 g/mol. The summed E-state index contributed by atoms with van der Waals surface area (Å²) >= 11 is 10.2. The summed E-state index contributed by atoms with van der Waals surface area (Å²) in [6.45, 7) is 2.09. The number of hydrogen-bond donors (Lipinski definition) is 0. The first-order valence-corrected chi connectivity index (χ1v) is 5.89. The Hall–Kier alpha value is -0.130. The lowest BCUT2D eigenvalue weighted by Crippen LogP contribution is -2.06. The number of thiazole rings is 1. The van der Waals surface area contributed by atoms with Crippen LogP contribution in [0.5, 0.6) is 0 Å². The van der Waals surface area contributed by atoms with Gasteiger partial charge in [-0.2, -0.15) is 0 Å². The largest absolute Gasteiger partial charge is 0.461 e. The van der Waals surface area contributed by atoms with Crippen LogP contribution in [0.3, 0.4) is 0 Å². The van der Waals surface area contributed by atoms with Crippen molar-refractivity contribution in [1.29, 1.82) is 0 Å². The molecule has 0 fully saturated rings. The monoisotopic (exact) mass is 283 g/mol. The Morgan fingerprint density at radius 3 is 3.00 bits per heavy atom. The molecule has 6 heteroatoms. The van der Waals surface area contributed by atoms with Crippen LogP contribution in [0.1, 0.15) is 22.3 Å². The fourth-order valence-corrected chi connectivity index (χ4v) is 2.37. The van der Waals surface area contributed by atoms with E-state index in [9.17, 15) is 4.79 Å². The summed E-state index contributed by atoms with van der Waals surface area (Å²) in [5.74, 6) is -0.417. The van der Waals surface area contributed by atoms with E-state index in [4.69, 9.17) is 16.3 Å². The second-order valence-electron chi connectivity index (χ2n) is 2.09. The number of carbonyl (C=O) groups excluding carboxylic acids is 1. The summed E-state index contributed by atoms with van der Waals surface area (Å²) < 4.78 is 5.17. The molecule has 0 amide bonds. The molecule has 72 valence electrons. The van der Waals surface area contributed by atoms with E-state index in [1.54, 1.807) is 6.92 Å². The van der Waals surface area contributed by atoms with Crippen LogP contribution < -0.4 is 0 Å². The number of rotatable bonds is 3. The van der Waals surface area contributed by atoms with E-state index in [1.807, 2.05) is 0 Å². The Morgan fingerprint density at radius 2 is 2.46 bits per heavy atom. The Labute approximate surface area is 93.2 Å². The first-order valence-electron chi connectivity index (χ1n) is 3.57. The Bertz CT molecular complexity index is 315. The number of carbonyl (C=O) groups is 1. The molecule has 0 N–H and O–H groups in total. The molecule has 0 aliphatic rings. The van der Waals surface area contributed by atoms with Crippen molar-refractivity contribution in [3.63, 3.8) is 0 Å². The van der Waals surface area contributed by atoms with E-state index in [-0.39, 0.29) is 0 Å². The van der Waals surface area contributed by atoms with Gasteiger partial charge in [0.2, 0.25) is 0 Å². The second kappa shape index (κ2) is 4.93. The fraction of sp³-hybridized carbons (Fsp3) is 0.429. The van der Waals surface area contributed by atoms with Gasteiger partial charge in [0.1, 0.15) is 0 Å². The number of ether oxygens (including phenoxy) is 1. The molecule has 0 aromatic carbocycles. The molecule has 0 unspecified atom stereocenters. The van der Waals surface area contributed by atoms with Crippen LogP contribution in [0.2, 0.25) is 4.47 Å². The van der Waals surface area contributed by atoms with Gasteiger partial charge in [0.15, 0.2) is 10.2 Å². The van der Waals surface area contributed by atoms with Crippen LogP contribution in [0, 0.1) is 0 Å². The van der Waals surface area contributed by atoms with Gasteiger partial charge >= 0.3 is 5.97 Å². The lowest BCUT2D eigenvalue weighted by molar-refractivity contribution is 0.0519. The average Bonchev–Trinajstić information content (AvgIpc) is 2.47. The van der Waals surface area contributed by atoms with E-state index in [0.29, 0.717) is 22.1 Å². The highest BCUT2D eigenvalue weighted by Crippen LogP contribution is 2.25. The molecule has 1 rings (SSSR count). The molecule has 1 aromatic heterocycles. The third-order valence-electron chi connectivity index (χ3n) is 1.26. The highest BCUT2D eigenvalue weighted by molar-refractivity contribution is 9.08. The fourth-order valence-electron chi connectivity index (χ4n) is 0.773. The molecule has 0 saturated carbocycles. The first-order chi connectivity index (χ1) is 6.19. The minimum absolute atomic E-state index is 0.314. The Balaban J connectivity index is 2.91. The van der Waals surface area contributed by atoms with Crippen molar-refractivity contribution in [2.45, 2.75) is 12.3 Å². The van der Waals surface area contributed by atoms with Gasteiger partial charge in [-0.25, -0.2) is 9.78 Å². The maximum atomic E-state index is 11.3. The van der Waals surface area contributed by atoms with Crippen LogP contribution >= 0.6 is 38.9 Å². The van der Waals surface area contributed by atoms with Crippen molar-refractivity contribution in [2.24, 2.45) is 0 Å². The van der Waals surface area contributed by atoms with E-state index >= 15 is 0 Å². The predicted molar refractivity (Wildman–Crippen MR) is 55.7 cm³/mol. The minimum atomic E-state index is -0.417. The number of aromatic nitrogens is 1. The van der Waals surface area contributed by atoms with Crippen LogP contribution in [0.25, 0.3) is 0 Å². The Kier molecular flexibility index (Phi) is 4.15. The van der Waals surface area contributed by atoms with E-state index in [0.717, 1.165) is 4.88 Å². The molecule has 0 bridgehead atoms. The van der Waals surface area contributed by atoms with Crippen molar-refractivity contribution in [1.82, 2.24) is 4.98 Å². The molecule has 13 heavy (non-hydrogen) atoms. The SMILES string of the molecule is CCOC(=O)c1nc(Cl)sc1CBr. The molecule has 0 aliphatic heterocycles. The smallest absolute Gasteiger partial charge is 0.358 e. The quantitative estimate of drug-likeness (QED) is 0.633. The van der Waals surface area contributed by atoms with Crippen molar-refractivity contribution in [3.05, 3.63) is 15.0 Å². The number of nitrogens with zero attached hydrogens (tertiary/aromatic N) is 1. The molecule has 0 saturated heterocycles. The van der Waals surface area contributed by atoms with E-state index < -0.39 is 5.97 Å². The molecule has 0 spiro atoms. The van der Waals surface area contributed by atoms with Crippen LogP contribution in [0.15, 0.2) is 0 Å². The van der Waals surface area contributed by atoms with Gasteiger partial charge in [0.05, 0.1) is 11.5 Å². The van der Waals surface area contributed by atoms with Gasteiger partial charge < -0.3 is 4.74 Å². The first kappa shape index (κ1) is 10.9. The number of alkyl halides is 1. The standard InChI is InChI=1S/C7H7BrClNO2S/c1-2-12-6(11)5-4(3-8)13-7(9)10-5/h2-3H2,1H3. The van der Waals surface area contributed by atoms with Gasteiger partial charge in [-0.1, -0.05) is 27.5 Å². The zero-order valence-corrected chi connectivity index (χ0v) is 10.0. The topological polar surface area (TPSA) is 39.2 Å². The minimum Gasteiger partial charge on any atom is -0.461 e. The highest BCUT2D eigenvalue weighted by atomic mass is 79.9. The molecule has 0 atom stereocenters. The van der Waals surface area contributed by atoms with Gasteiger partial charge in [0, 0.05) is 5.33 Å². The number of hydrogen-bond acceptors (Lipinski definition) is 4. The van der Waals surface area contributed by atoms with Gasteiger partial charge in [-0.3, -0.25) is 0 Å². The molecule has 0 aliphatic carbocycles. The molecular weight excluding hydrogens is 278 g/mol. The summed E-state index contributed by atoms with van der Waals surface area (Å²) in [6.07, 6.45) is 0. The number of halogens is 2. The number of esters is 1. The zero-order chi connectivity index (χ0) is 9.84. The van der Waals surface area contributed by atoms with Crippen molar-refractivity contribution >= 4 is 44.8 Å². The maximum absolute atomic E-state index is 11.3. The van der Waals surface area contributed by atoms with Crippen molar-refractivity contribution in [2.75, 3.05) is 6.61 Å². The zero-order valence-electron chi connectivity index (χ0n) is 6.84. The molecule has 1 heterocycles. The second-order valence-corrected chi connectivity index (χ2v) is 4.32.